The molecule has 1 aromatic carbocycles. The first-order valence-corrected chi connectivity index (χ1v) is 6.19. The second kappa shape index (κ2) is 6.51. The van der Waals surface area contributed by atoms with Gasteiger partial charge in [0.1, 0.15) is 17.6 Å². The van der Waals surface area contributed by atoms with E-state index in [2.05, 4.69) is 15.3 Å². The van der Waals surface area contributed by atoms with Crippen LogP contribution in [-0.2, 0) is 6.54 Å². The van der Waals surface area contributed by atoms with Crippen LogP contribution in [0, 0.1) is 0 Å². The standard InChI is InChI=1S/C14H15N3O3/c1-2-20-11-5-3-4-10(6-11)16-8-13-12(14(18)19)7-15-9-17-13/h3-7,9,16H,2,8H2,1H3,(H,18,19). The second-order valence-electron chi connectivity index (χ2n) is 4.00. The number of nitrogens with one attached hydrogen (secondary N) is 1. The fourth-order valence-corrected chi connectivity index (χ4v) is 1.72. The molecule has 1 heterocycles. The number of carboxylic acids is 1. The van der Waals surface area contributed by atoms with E-state index in [4.69, 9.17) is 9.84 Å². The fraction of sp³-hybridized carbons (Fsp3) is 0.214. The van der Waals surface area contributed by atoms with Gasteiger partial charge in [-0.05, 0) is 19.1 Å². The summed E-state index contributed by atoms with van der Waals surface area (Å²) in [5, 5.41) is 12.2. The van der Waals surface area contributed by atoms with Gasteiger partial charge in [0.2, 0.25) is 0 Å². The van der Waals surface area contributed by atoms with Crippen molar-refractivity contribution in [2.24, 2.45) is 0 Å². The molecule has 0 aliphatic carbocycles. The summed E-state index contributed by atoms with van der Waals surface area (Å²) >= 11 is 0. The van der Waals surface area contributed by atoms with Gasteiger partial charge in [0.05, 0.1) is 18.8 Å². The normalized spacial score (nSPS) is 10.1. The number of aromatic carboxylic acids is 1. The molecule has 0 unspecified atom stereocenters. The number of hydrogen-bond acceptors (Lipinski definition) is 5. The van der Waals surface area contributed by atoms with Crippen LogP contribution in [-0.4, -0.2) is 27.7 Å². The Morgan fingerprint density at radius 3 is 3.05 bits per heavy atom. The van der Waals surface area contributed by atoms with Crippen molar-refractivity contribution in [1.82, 2.24) is 9.97 Å². The molecule has 20 heavy (non-hydrogen) atoms. The summed E-state index contributed by atoms with van der Waals surface area (Å²) in [6, 6.07) is 7.46. The van der Waals surface area contributed by atoms with E-state index in [-0.39, 0.29) is 5.56 Å². The minimum absolute atomic E-state index is 0.0981. The Bertz CT molecular complexity index is 602. The maximum absolute atomic E-state index is 11.0. The number of aromatic nitrogens is 2. The number of carboxylic acid groups (broad SMARTS) is 1. The lowest BCUT2D eigenvalue weighted by molar-refractivity contribution is 0.0694. The zero-order valence-electron chi connectivity index (χ0n) is 11.0. The van der Waals surface area contributed by atoms with E-state index in [9.17, 15) is 4.79 Å². The molecule has 0 fully saturated rings. The van der Waals surface area contributed by atoms with E-state index in [0.717, 1.165) is 11.4 Å². The van der Waals surface area contributed by atoms with Gasteiger partial charge in [0, 0.05) is 18.0 Å². The lowest BCUT2D eigenvalue weighted by atomic mass is 10.2. The average Bonchev–Trinajstić information content (AvgIpc) is 2.46. The highest BCUT2D eigenvalue weighted by atomic mass is 16.5. The Morgan fingerprint density at radius 2 is 2.30 bits per heavy atom. The third kappa shape index (κ3) is 3.44. The van der Waals surface area contributed by atoms with Crippen LogP contribution >= 0.6 is 0 Å². The zero-order chi connectivity index (χ0) is 14.4. The first-order chi connectivity index (χ1) is 9.70. The summed E-state index contributed by atoms with van der Waals surface area (Å²) in [5.41, 5.74) is 1.38. The number of benzene rings is 1. The monoisotopic (exact) mass is 273 g/mol. The fourth-order valence-electron chi connectivity index (χ4n) is 1.72. The van der Waals surface area contributed by atoms with Crippen molar-refractivity contribution in [3.8, 4) is 5.75 Å². The Kier molecular flexibility index (Phi) is 4.49. The largest absolute Gasteiger partial charge is 0.494 e. The zero-order valence-corrected chi connectivity index (χ0v) is 11.0. The summed E-state index contributed by atoms with van der Waals surface area (Å²) in [7, 11) is 0. The highest BCUT2D eigenvalue weighted by Gasteiger charge is 2.10. The number of hydrogen-bond donors (Lipinski definition) is 2. The lowest BCUT2D eigenvalue weighted by Crippen LogP contribution is -2.10. The maximum atomic E-state index is 11.0. The van der Waals surface area contributed by atoms with Crippen molar-refractivity contribution in [2.75, 3.05) is 11.9 Å². The van der Waals surface area contributed by atoms with Crippen LogP contribution < -0.4 is 10.1 Å². The molecule has 0 bridgehead atoms. The third-order valence-corrected chi connectivity index (χ3v) is 2.63. The molecule has 0 saturated carbocycles. The van der Waals surface area contributed by atoms with E-state index in [1.807, 2.05) is 31.2 Å². The van der Waals surface area contributed by atoms with Crippen molar-refractivity contribution >= 4 is 11.7 Å². The SMILES string of the molecule is CCOc1cccc(NCc2ncncc2C(=O)O)c1. The predicted octanol–water partition coefficient (Wildman–Crippen LogP) is 2.19. The predicted molar refractivity (Wildman–Crippen MR) is 73.9 cm³/mol. The first-order valence-electron chi connectivity index (χ1n) is 6.19. The molecular weight excluding hydrogens is 258 g/mol. The number of anilines is 1. The van der Waals surface area contributed by atoms with Crippen LogP contribution in [0.25, 0.3) is 0 Å². The highest BCUT2D eigenvalue weighted by Crippen LogP contribution is 2.18. The summed E-state index contributed by atoms with van der Waals surface area (Å²) < 4.78 is 5.40. The molecule has 2 rings (SSSR count). The van der Waals surface area contributed by atoms with E-state index in [0.29, 0.717) is 18.8 Å². The van der Waals surface area contributed by atoms with Gasteiger partial charge in [0.25, 0.3) is 0 Å². The quantitative estimate of drug-likeness (QED) is 0.839. The Labute approximate surface area is 116 Å². The van der Waals surface area contributed by atoms with E-state index in [1.165, 1.54) is 12.5 Å². The van der Waals surface area contributed by atoms with Gasteiger partial charge in [0.15, 0.2) is 0 Å². The van der Waals surface area contributed by atoms with Crippen molar-refractivity contribution in [2.45, 2.75) is 13.5 Å². The Balaban J connectivity index is 2.09. The molecule has 0 atom stereocenters. The molecule has 6 heteroatoms. The topological polar surface area (TPSA) is 84.3 Å². The molecule has 104 valence electrons. The minimum Gasteiger partial charge on any atom is -0.494 e. The summed E-state index contributed by atoms with van der Waals surface area (Å²) in [6.07, 6.45) is 2.63. The van der Waals surface area contributed by atoms with Crippen molar-refractivity contribution in [3.63, 3.8) is 0 Å². The first kappa shape index (κ1) is 13.8. The summed E-state index contributed by atoms with van der Waals surface area (Å²) in [5.74, 6) is -0.274. The third-order valence-electron chi connectivity index (χ3n) is 2.63. The van der Waals surface area contributed by atoms with Crippen LogP contribution in [0.2, 0.25) is 0 Å². The molecule has 1 aromatic heterocycles. The molecule has 0 saturated heterocycles. The molecule has 0 aliphatic heterocycles. The molecular formula is C14H15N3O3. The van der Waals surface area contributed by atoms with Gasteiger partial charge in [-0.3, -0.25) is 0 Å². The van der Waals surface area contributed by atoms with E-state index >= 15 is 0 Å². The Hall–Kier alpha value is -2.63. The van der Waals surface area contributed by atoms with E-state index in [1.54, 1.807) is 0 Å². The maximum Gasteiger partial charge on any atom is 0.339 e. The van der Waals surface area contributed by atoms with Crippen LogP contribution in [0.4, 0.5) is 5.69 Å². The number of nitrogens with zero attached hydrogens (tertiary/aromatic N) is 2. The number of carbonyl (C=O) groups is 1. The molecule has 0 amide bonds. The lowest BCUT2D eigenvalue weighted by Gasteiger charge is -2.09. The molecule has 0 radical (unpaired) electrons. The van der Waals surface area contributed by atoms with Gasteiger partial charge in [-0.25, -0.2) is 14.8 Å². The molecule has 2 aromatic rings. The summed E-state index contributed by atoms with van der Waals surface area (Å²) in [6.45, 7) is 2.82. The van der Waals surface area contributed by atoms with Crippen LogP contribution in [0.3, 0.4) is 0 Å². The van der Waals surface area contributed by atoms with E-state index < -0.39 is 5.97 Å². The van der Waals surface area contributed by atoms with Gasteiger partial charge in [-0.2, -0.15) is 0 Å². The summed E-state index contributed by atoms with van der Waals surface area (Å²) in [4.78, 5) is 18.8. The highest BCUT2D eigenvalue weighted by molar-refractivity contribution is 5.88. The Morgan fingerprint density at radius 1 is 1.45 bits per heavy atom. The van der Waals surface area contributed by atoms with Gasteiger partial charge in [-0.1, -0.05) is 6.07 Å². The molecule has 2 N–H and O–H groups in total. The van der Waals surface area contributed by atoms with Crippen molar-refractivity contribution in [3.05, 3.63) is 48.0 Å². The minimum atomic E-state index is -1.04. The van der Waals surface area contributed by atoms with Gasteiger partial charge >= 0.3 is 5.97 Å². The van der Waals surface area contributed by atoms with Gasteiger partial charge < -0.3 is 15.2 Å². The van der Waals surface area contributed by atoms with Crippen LogP contribution in [0.1, 0.15) is 23.0 Å². The average molecular weight is 273 g/mol. The van der Waals surface area contributed by atoms with Crippen molar-refractivity contribution in [1.29, 1.82) is 0 Å². The van der Waals surface area contributed by atoms with Crippen molar-refractivity contribution < 1.29 is 14.6 Å². The molecule has 6 nitrogen and oxygen atoms in total. The number of ether oxygens (including phenoxy) is 1. The van der Waals surface area contributed by atoms with Crippen LogP contribution in [0.5, 0.6) is 5.75 Å². The molecule has 0 spiro atoms. The second-order valence-corrected chi connectivity index (χ2v) is 4.00. The van der Waals surface area contributed by atoms with Crippen LogP contribution in [0.15, 0.2) is 36.8 Å². The number of rotatable bonds is 6. The van der Waals surface area contributed by atoms with Gasteiger partial charge in [-0.15, -0.1) is 0 Å². The smallest absolute Gasteiger partial charge is 0.339 e. The molecule has 0 aliphatic rings.